The van der Waals surface area contributed by atoms with E-state index < -0.39 is 24.0 Å². The highest BCUT2D eigenvalue weighted by Crippen LogP contribution is 2.37. The molecule has 2 aliphatic rings. The topological polar surface area (TPSA) is 145 Å². The first-order valence-electron chi connectivity index (χ1n) is 16.9. The van der Waals surface area contributed by atoms with Crippen LogP contribution in [0.3, 0.4) is 0 Å². The average molecular weight is 670 g/mol. The van der Waals surface area contributed by atoms with Crippen molar-refractivity contribution in [1.82, 2.24) is 15.5 Å². The number of ether oxygens (including phenoxy) is 5. The van der Waals surface area contributed by atoms with Gasteiger partial charge in [0.05, 0.1) is 25.3 Å². The highest BCUT2D eigenvalue weighted by Gasteiger charge is 2.39. The van der Waals surface area contributed by atoms with E-state index in [-0.39, 0.29) is 24.3 Å². The van der Waals surface area contributed by atoms with Gasteiger partial charge in [-0.2, -0.15) is 0 Å². The van der Waals surface area contributed by atoms with Gasteiger partial charge in [0.1, 0.15) is 29.9 Å². The Balaban J connectivity index is 0.984. The Labute approximate surface area is 283 Å². The maximum absolute atomic E-state index is 12.3. The number of alkyl carbamates (subject to hydrolysis) is 1. The molecule has 0 radical (unpaired) electrons. The SMILES string of the molecule is C[C@@H](NC(=O)OC(C)(C)C)c1cccc(OCCCCCOCCCOCCOc2ccc3c(c2)CN(C2CCC(=O)NC2=O)C3O)c1. The molecule has 0 aliphatic carbocycles. The van der Waals surface area contributed by atoms with Crippen LogP contribution in [0, 0.1) is 0 Å². The molecule has 2 aromatic carbocycles. The van der Waals surface area contributed by atoms with Crippen molar-refractivity contribution in [1.29, 1.82) is 0 Å². The Morgan fingerprint density at radius 3 is 2.42 bits per heavy atom. The van der Waals surface area contributed by atoms with Crippen LogP contribution in [0.2, 0.25) is 0 Å². The molecule has 0 spiro atoms. The molecule has 4 rings (SSSR count). The fourth-order valence-electron chi connectivity index (χ4n) is 5.60. The molecule has 3 amide bonds. The minimum atomic E-state index is -0.890. The molecule has 0 aromatic heterocycles. The predicted octanol–water partition coefficient (Wildman–Crippen LogP) is 4.94. The Morgan fingerprint density at radius 1 is 0.938 bits per heavy atom. The standard InChI is InChI=1S/C36H51N3O9/c1-25(37-35(43)48-36(2,3)4)26-10-8-11-28(22-26)46-19-7-5-6-16-44-17-9-18-45-20-21-47-29-12-13-30-27(23-29)24-39(34(30)42)31-14-15-32(40)38-33(31)41/h8,10-13,22-23,25,31,34,42H,5-7,9,14-21,24H2,1-4H3,(H,37,43)(H,38,40,41)/t25-,31?,34?/m1/s1. The highest BCUT2D eigenvalue weighted by atomic mass is 16.6. The molecule has 3 atom stereocenters. The van der Waals surface area contributed by atoms with Gasteiger partial charge in [-0.1, -0.05) is 18.2 Å². The molecule has 2 heterocycles. The number of carbonyl (C=O) groups excluding carboxylic acids is 3. The Morgan fingerprint density at radius 2 is 1.65 bits per heavy atom. The van der Waals surface area contributed by atoms with Crippen molar-refractivity contribution >= 4 is 17.9 Å². The van der Waals surface area contributed by atoms with Crippen molar-refractivity contribution in [3.8, 4) is 11.5 Å². The molecule has 2 aliphatic heterocycles. The van der Waals surface area contributed by atoms with Gasteiger partial charge in [-0.25, -0.2) is 4.79 Å². The molecule has 264 valence electrons. The first-order chi connectivity index (χ1) is 23.0. The van der Waals surface area contributed by atoms with Crippen molar-refractivity contribution < 1.29 is 43.2 Å². The monoisotopic (exact) mass is 669 g/mol. The number of unbranched alkanes of at least 4 members (excludes halogenated alkanes) is 2. The third-order valence-corrected chi connectivity index (χ3v) is 8.04. The summed E-state index contributed by atoms with van der Waals surface area (Å²) in [5.74, 6) is 0.821. The van der Waals surface area contributed by atoms with E-state index in [0.29, 0.717) is 58.4 Å². The molecule has 2 aromatic rings. The number of fused-ring (bicyclic) bond motifs is 1. The van der Waals surface area contributed by atoms with E-state index in [9.17, 15) is 19.5 Å². The lowest BCUT2D eigenvalue weighted by molar-refractivity contribution is -0.141. The zero-order valence-electron chi connectivity index (χ0n) is 28.6. The summed E-state index contributed by atoms with van der Waals surface area (Å²) in [6.07, 6.45) is 3.01. The maximum atomic E-state index is 12.3. The summed E-state index contributed by atoms with van der Waals surface area (Å²) in [7, 11) is 0. The summed E-state index contributed by atoms with van der Waals surface area (Å²) >= 11 is 0. The summed E-state index contributed by atoms with van der Waals surface area (Å²) in [6.45, 7) is 11.2. The van der Waals surface area contributed by atoms with Gasteiger partial charge in [0, 0.05) is 38.3 Å². The van der Waals surface area contributed by atoms with E-state index in [4.69, 9.17) is 23.7 Å². The van der Waals surface area contributed by atoms with Crippen molar-refractivity contribution in [2.45, 2.75) is 96.7 Å². The summed E-state index contributed by atoms with van der Waals surface area (Å²) < 4.78 is 28.5. The van der Waals surface area contributed by atoms with Crippen LogP contribution in [-0.2, 0) is 30.3 Å². The number of amides is 3. The van der Waals surface area contributed by atoms with Crippen LogP contribution in [0.5, 0.6) is 11.5 Å². The summed E-state index contributed by atoms with van der Waals surface area (Å²) in [5, 5.41) is 16.0. The van der Waals surface area contributed by atoms with E-state index >= 15 is 0 Å². The van der Waals surface area contributed by atoms with E-state index in [0.717, 1.165) is 48.1 Å². The number of rotatable bonds is 18. The Hall–Kier alpha value is -3.71. The second-order valence-electron chi connectivity index (χ2n) is 13.1. The lowest BCUT2D eigenvalue weighted by atomic mass is 10.0. The number of piperidine rings is 1. The van der Waals surface area contributed by atoms with Crippen molar-refractivity contribution in [2.75, 3.05) is 39.6 Å². The number of carbonyl (C=O) groups is 3. The first kappa shape index (κ1) is 37.1. The van der Waals surface area contributed by atoms with E-state index in [1.54, 1.807) is 4.90 Å². The molecule has 12 nitrogen and oxygen atoms in total. The third-order valence-electron chi connectivity index (χ3n) is 8.04. The minimum Gasteiger partial charge on any atom is -0.494 e. The molecule has 0 bridgehead atoms. The van der Waals surface area contributed by atoms with Crippen LogP contribution < -0.4 is 20.1 Å². The molecule has 12 heteroatoms. The molecule has 48 heavy (non-hydrogen) atoms. The number of nitrogens with one attached hydrogen (secondary N) is 2. The van der Waals surface area contributed by atoms with Crippen LogP contribution >= 0.6 is 0 Å². The van der Waals surface area contributed by atoms with Gasteiger partial charge in [-0.15, -0.1) is 0 Å². The summed E-state index contributed by atoms with van der Waals surface area (Å²) in [5.41, 5.74) is 2.06. The van der Waals surface area contributed by atoms with Gasteiger partial charge in [0.15, 0.2) is 0 Å². The molecular weight excluding hydrogens is 618 g/mol. The van der Waals surface area contributed by atoms with Gasteiger partial charge in [-0.05, 0) is 95.2 Å². The second-order valence-corrected chi connectivity index (χ2v) is 13.1. The Kier molecular flexibility index (Phi) is 14.0. The van der Waals surface area contributed by atoms with Gasteiger partial charge in [-0.3, -0.25) is 19.8 Å². The largest absolute Gasteiger partial charge is 0.494 e. The number of aliphatic hydroxyl groups is 1. The normalized spacial score (nSPS) is 18.6. The van der Waals surface area contributed by atoms with Crippen molar-refractivity contribution in [3.63, 3.8) is 0 Å². The van der Waals surface area contributed by atoms with E-state index in [1.165, 1.54) is 0 Å². The fraction of sp³-hybridized carbons (Fsp3) is 0.583. The van der Waals surface area contributed by atoms with E-state index in [2.05, 4.69) is 10.6 Å². The molecule has 1 saturated heterocycles. The lowest BCUT2D eigenvalue weighted by Crippen LogP contribution is -2.51. The number of aliphatic hydroxyl groups excluding tert-OH is 1. The first-order valence-corrected chi connectivity index (χ1v) is 16.9. The average Bonchev–Trinajstić information content (AvgIpc) is 3.35. The number of hydrogen-bond donors (Lipinski definition) is 3. The Bertz CT molecular complexity index is 1360. The van der Waals surface area contributed by atoms with Crippen LogP contribution in [0.25, 0.3) is 0 Å². The molecular formula is C36H51N3O9. The van der Waals surface area contributed by atoms with Crippen LogP contribution in [0.1, 0.15) is 95.2 Å². The van der Waals surface area contributed by atoms with Gasteiger partial charge in [0.2, 0.25) is 11.8 Å². The molecule has 0 saturated carbocycles. The van der Waals surface area contributed by atoms with Crippen LogP contribution in [-0.4, -0.2) is 79.2 Å². The number of hydrogen-bond acceptors (Lipinski definition) is 10. The molecule has 1 fully saturated rings. The zero-order valence-corrected chi connectivity index (χ0v) is 28.6. The molecule has 2 unspecified atom stereocenters. The minimum absolute atomic E-state index is 0.200. The smallest absolute Gasteiger partial charge is 0.408 e. The lowest BCUT2D eigenvalue weighted by Gasteiger charge is -2.31. The maximum Gasteiger partial charge on any atom is 0.408 e. The van der Waals surface area contributed by atoms with Crippen molar-refractivity contribution in [3.05, 3.63) is 59.2 Å². The quantitative estimate of drug-likeness (QED) is 0.148. The van der Waals surface area contributed by atoms with Gasteiger partial charge in [0.25, 0.3) is 0 Å². The summed E-state index contributed by atoms with van der Waals surface area (Å²) in [4.78, 5) is 37.5. The zero-order chi connectivity index (χ0) is 34.5. The van der Waals surface area contributed by atoms with Gasteiger partial charge < -0.3 is 34.1 Å². The summed E-state index contributed by atoms with van der Waals surface area (Å²) in [6, 6.07) is 12.5. The van der Waals surface area contributed by atoms with Crippen LogP contribution in [0.15, 0.2) is 42.5 Å². The second kappa shape index (κ2) is 18.2. The fourth-order valence-corrected chi connectivity index (χ4v) is 5.60. The number of imide groups is 1. The number of nitrogens with zero attached hydrogens (tertiary/aromatic N) is 1. The van der Waals surface area contributed by atoms with Crippen molar-refractivity contribution in [2.24, 2.45) is 0 Å². The number of benzene rings is 2. The molecule has 3 N–H and O–H groups in total. The predicted molar refractivity (Wildman–Crippen MR) is 178 cm³/mol. The highest BCUT2D eigenvalue weighted by molar-refractivity contribution is 6.00. The van der Waals surface area contributed by atoms with E-state index in [1.807, 2.05) is 70.2 Å². The third kappa shape index (κ3) is 11.8. The van der Waals surface area contributed by atoms with Gasteiger partial charge >= 0.3 is 6.09 Å². The van der Waals surface area contributed by atoms with Crippen LogP contribution in [0.4, 0.5) is 4.79 Å².